The first-order valence-corrected chi connectivity index (χ1v) is 12.4. The van der Waals surface area contributed by atoms with Gasteiger partial charge >= 0.3 is 5.97 Å². The standard InChI is InChI=1S/C30H22INO4/c1-34-28-18-20(10-15-27(28)35-19-21-6-5-9-25(31)16-21)17-26-30(33)36-29(32-26)24-13-11-23(12-14-24)22-7-3-2-4-8-22/h2-18H,19H2,1H3/b26-17-. The summed E-state index contributed by atoms with van der Waals surface area (Å²) in [5.41, 5.74) is 4.99. The van der Waals surface area contributed by atoms with Crippen LogP contribution in [0.5, 0.6) is 11.5 Å². The second kappa shape index (κ2) is 10.8. The van der Waals surface area contributed by atoms with Gasteiger partial charge in [-0.05, 0) is 87.3 Å². The van der Waals surface area contributed by atoms with Crippen LogP contribution in [-0.2, 0) is 16.1 Å². The minimum Gasteiger partial charge on any atom is -0.493 e. The van der Waals surface area contributed by atoms with Crippen molar-refractivity contribution in [2.45, 2.75) is 6.61 Å². The van der Waals surface area contributed by atoms with Gasteiger partial charge in [-0.2, -0.15) is 0 Å². The number of halogens is 1. The number of methoxy groups -OCH3 is 1. The van der Waals surface area contributed by atoms with Crippen LogP contribution in [0, 0.1) is 3.57 Å². The van der Waals surface area contributed by atoms with Crippen LogP contribution in [0.3, 0.4) is 0 Å². The van der Waals surface area contributed by atoms with E-state index in [0.717, 1.165) is 31.4 Å². The Balaban J connectivity index is 1.33. The normalized spacial score (nSPS) is 13.9. The highest BCUT2D eigenvalue weighted by molar-refractivity contribution is 14.1. The fourth-order valence-corrected chi connectivity index (χ4v) is 4.41. The molecule has 0 aliphatic carbocycles. The van der Waals surface area contributed by atoms with Crippen LogP contribution in [0.4, 0.5) is 0 Å². The first-order valence-electron chi connectivity index (χ1n) is 11.3. The largest absolute Gasteiger partial charge is 0.493 e. The van der Waals surface area contributed by atoms with E-state index in [1.807, 2.05) is 78.9 Å². The maximum Gasteiger partial charge on any atom is 0.363 e. The number of rotatable bonds is 7. The zero-order valence-corrected chi connectivity index (χ0v) is 21.6. The molecule has 0 spiro atoms. The van der Waals surface area contributed by atoms with Gasteiger partial charge in [-0.15, -0.1) is 0 Å². The van der Waals surface area contributed by atoms with Gasteiger partial charge in [-0.3, -0.25) is 0 Å². The lowest BCUT2D eigenvalue weighted by molar-refractivity contribution is -0.129. The van der Waals surface area contributed by atoms with Crippen molar-refractivity contribution >= 4 is 40.5 Å². The molecule has 36 heavy (non-hydrogen) atoms. The van der Waals surface area contributed by atoms with Gasteiger partial charge in [0.1, 0.15) is 6.61 Å². The molecule has 1 aliphatic heterocycles. The second-order valence-corrected chi connectivity index (χ2v) is 9.35. The van der Waals surface area contributed by atoms with Gasteiger partial charge in [0.05, 0.1) is 7.11 Å². The molecule has 1 heterocycles. The fourth-order valence-electron chi connectivity index (χ4n) is 3.81. The van der Waals surface area contributed by atoms with E-state index in [-0.39, 0.29) is 11.6 Å². The molecule has 6 heteroatoms. The number of esters is 1. The monoisotopic (exact) mass is 587 g/mol. The summed E-state index contributed by atoms with van der Waals surface area (Å²) in [7, 11) is 1.59. The van der Waals surface area contributed by atoms with Crippen molar-refractivity contribution in [1.82, 2.24) is 0 Å². The molecule has 0 aromatic heterocycles. The SMILES string of the molecule is COc1cc(/C=C2\N=C(c3ccc(-c4ccccc4)cc3)OC2=O)ccc1OCc1cccc(I)c1. The fraction of sp³-hybridized carbons (Fsp3) is 0.0667. The molecule has 1 aliphatic rings. The number of cyclic esters (lactones) is 1. The van der Waals surface area contributed by atoms with E-state index in [1.54, 1.807) is 13.2 Å². The van der Waals surface area contributed by atoms with Crippen molar-refractivity contribution in [3.05, 3.63) is 123 Å². The summed E-state index contributed by atoms with van der Waals surface area (Å²) >= 11 is 2.28. The Kier molecular flexibility index (Phi) is 7.13. The van der Waals surface area contributed by atoms with Crippen LogP contribution < -0.4 is 9.47 Å². The number of carbonyl (C=O) groups is 1. The highest BCUT2D eigenvalue weighted by Gasteiger charge is 2.24. The van der Waals surface area contributed by atoms with Crippen LogP contribution >= 0.6 is 22.6 Å². The second-order valence-electron chi connectivity index (χ2n) is 8.11. The van der Waals surface area contributed by atoms with E-state index >= 15 is 0 Å². The lowest BCUT2D eigenvalue weighted by Crippen LogP contribution is -2.05. The lowest BCUT2D eigenvalue weighted by atomic mass is 10.0. The summed E-state index contributed by atoms with van der Waals surface area (Å²) in [6.07, 6.45) is 1.68. The van der Waals surface area contributed by atoms with Crippen LogP contribution in [0.25, 0.3) is 17.2 Å². The van der Waals surface area contributed by atoms with Crippen LogP contribution in [0.1, 0.15) is 16.7 Å². The van der Waals surface area contributed by atoms with E-state index in [0.29, 0.717) is 18.1 Å². The van der Waals surface area contributed by atoms with E-state index in [1.165, 1.54) is 0 Å². The molecular weight excluding hydrogens is 565 g/mol. The smallest absolute Gasteiger partial charge is 0.363 e. The molecule has 178 valence electrons. The molecule has 4 aromatic carbocycles. The summed E-state index contributed by atoms with van der Waals surface area (Å²) in [6.45, 7) is 0.427. The van der Waals surface area contributed by atoms with Gasteiger partial charge in [0.2, 0.25) is 5.90 Å². The van der Waals surface area contributed by atoms with Gasteiger partial charge in [-0.25, -0.2) is 9.79 Å². The van der Waals surface area contributed by atoms with Crippen LogP contribution in [-0.4, -0.2) is 19.0 Å². The van der Waals surface area contributed by atoms with Gasteiger partial charge in [0.15, 0.2) is 17.2 Å². The zero-order chi connectivity index (χ0) is 24.9. The number of ether oxygens (including phenoxy) is 3. The summed E-state index contributed by atoms with van der Waals surface area (Å²) < 4.78 is 18.1. The van der Waals surface area contributed by atoms with Crippen molar-refractivity contribution in [3.63, 3.8) is 0 Å². The third-order valence-corrected chi connectivity index (χ3v) is 6.30. The maximum atomic E-state index is 12.5. The molecule has 0 fully saturated rings. The molecule has 5 rings (SSSR count). The zero-order valence-electron chi connectivity index (χ0n) is 19.5. The predicted molar refractivity (Wildman–Crippen MR) is 149 cm³/mol. The Hall–Kier alpha value is -3.91. The Morgan fingerprint density at radius 2 is 1.58 bits per heavy atom. The average molecular weight is 587 g/mol. The van der Waals surface area contributed by atoms with Gasteiger partial charge in [0, 0.05) is 9.13 Å². The molecule has 0 radical (unpaired) electrons. The molecule has 0 saturated heterocycles. The molecule has 0 saturated carbocycles. The third-order valence-electron chi connectivity index (χ3n) is 5.63. The van der Waals surface area contributed by atoms with Crippen molar-refractivity contribution in [2.24, 2.45) is 4.99 Å². The summed E-state index contributed by atoms with van der Waals surface area (Å²) in [4.78, 5) is 16.9. The van der Waals surface area contributed by atoms with E-state index < -0.39 is 5.97 Å². The van der Waals surface area contributed by atoms with Gasteiger partial charge in [0.25, 0.3) is 0 Å². The number of aliphatic imine (C=N–C) groups is 1. The van der Waals surface area contributed by atoms with E-state index in [2.05, 4.69) is 45.8 Å². The quantitative estimate of drug-likeness (QED) is 0.134. The number of nitrogens with zero attached hydrogens (tertiary/aromatic N) is 1. The molecule has 0 N–H and O–H groups in total. The first-order chi connectivity index (χ1) is 17.6. The number of hydrogen-bond acceptors (Lipinski definition) is 5. The van der Waals surface area contributed by atoms with Gasteiger partial charge in [-0.1, -0.05) is 60.7 Å². The number of hydrogen-bond donors (Lipinski definition) is 0. The van der Waals surface area contributed by atoms with Gasteiger partial charge < -0.3 is 14.2 Å². The minimum absolute atomic E-state index is 0.228. The van der Waals surface area contributed by atoms with Crippen LogP contribution in [0.15, 0.2) is 108 Å². The third kappa shape index (κ3) is 5.49. The molecule has 5 nitrogen and oxygen atoms in total. The molecule has 4 aromatic rings. The summed E-state index contributed by atoms with van der Waals surface area (Å²) in [5.74, 6) is 0.989. The molecule has 0 amide bonds. The van der Waals surface area contributed by atoms with E-state index in [9.17, 15) is 4.79 Å². The lowest BCUT2D eigenvalue weighted by Gasteiger charge is -2.11. The molecule has 0 bridgehead atoms. The Morgan fingerprint density at radius 3 is 2.33 bits per heavy atom. The van der Waals surface area contributed by atoms with Crippen molar-refractivity contribution < 1.29 is 19.0 Å². The Labute approximate surface area is 223 Å². The van der Waals surface area contributed by atoms with E-state index in [4.69, 9.17) is 14.2 Å². The Bertz CT molecular complexity index is 1460. The molecule has 0 atom stereocenters. The molecule has 0 unspecified atom stereocenters. The summed E-state index contributed by atoms with van der Waals surface area (Å²) in [5, 5.41) is 0. The van der Waals surface area contributed by atoms with Crippen LogP contribution in [0.2, 0.25) is 0 Å². The molecular formula is C30H22INO4. The highest BCUT2D eigenvalue weighted by atomic mass is 127. The Morgan fingerprint density at radius 1 is 0.833 bits per heavy atom. The number of carbonyl (C=O) groups excluding carboxylic acids is 1. The van der Waals surface area contributed by atoms with Crippen molar-refractivity contribution in [1.29, 1.82) is 0 Å². The predicted octanol–water partition coefficient (Wildman–Crippen LogP) is 6.89. The van der Waals surface area contributed by atoms with Crippen molar-refractivity contribution in [3.8, 4) is 22.6 Å². The highest BCUT2D eigenvalue weighted by Crippen LogP contribution is 2.31. The minimum atomic E-state index is -0.491. The first kappa shape index (κ1) is 23.8. The average Bonchev–Trinajstić information content (AvgIpc) is 3.28. The maximum absolute atomic E-state index is 12.5. The van der Waals surface area contributed by atoms with Crippen molar-refractivity contribution in [2.75, 3.05) is 7.11 Å². The summed E-state index contributed by atoms with van der Waals surface area (Å²) in [6, 6.07) is 31.5. The topological polar surface area (TPSA) is 57.1 Å². The number of benzene rings is 4.